The summed E-state index contributed by atoms with van der Waals surface area (Å²) in [7, 11) is 3.44. The van der Waals surface area contributed by atoms with E-state index in [9.17, 15) is 9.59 Å². The van der Waals surface area contributed by atoms with Crippen molar-refractivity contribution >= 4 is 17.6 Å². The molecule has 3 heterocycles. The lowest BCUT2D eigenvalue weighted by Gasteiger charge is -2.34. The second-order valence-electron chi connectivity index (χ2n) is 9.32. The molecule has 9 nitrogen and oxygen atoms in total. The van der Waals surface area contributed by atoms with Crippen LogP contribution in [0.25, 0.3) is 22.4 Å². The number of amides is 2. The Hall–Kier alpha value is -3.92. The summed E-state index contributed by atoms with van der Waals surface area (Å²) in [5.74, 6) is -0.542. The van der Waals surface area contributed by atoms with Crippen LogP contribution >= 0.6 is 0 Å². The zero-order chi connectivity index (χ0) is 26.7. The number of benzene rings is 1. The van der Waals surface area contributed by atoms with Crippen LogP contribution in [-0.2, 0) is 11.2 Å². The maximum atomic E-state index is 15.3. The van der Waals surface area contributed by atoms with Gasteiger partial charge >= 0.3 is 0 Å². The summed E-state index contributed by atoms with van der Waals surface area (Å²) < 4.78 is 15.3. The van der Waals surface area contributed by atoms with E-state index in [0.29, 0.717) is 56.2 Å². The number of rotatable bonds is 6. The van der Waals surface area contributed by atoms with Crippen LogP contribution in [0.3, 0.4) is 0 Å². The van der Waals surface area contributed by atoms with Gasteiger partial charge in [0, 0.05) is 62.7 Å². The monoisotopic (exact) mass is 505 g/mol. The van der Waals surface area contributed by atoms with Crippen LogP contribution in [0.5, 0.6) is 0 Å². The molecule has 4 rings (SSSR count). The van der Waals surface area contributed by atoms with E-state index in [1.165, 1.54) is 18.5 Å². The van der Waals surface area contributed by atoms with E-state index in [1.54, 1.807) is 36.0 Å². The quantitative estimate of drug-likeness (QED) is 0.549. The number of aromatic nitrogens is 3. The average molecular weight is 506 g/mol. The van der Waals surface area contributed by atoms with Gasteiger partial charge in [0.05, 0.1) is 23.5 Å². The lowest BCUT2D eigenvalue weighted by molar-refractivity contribution is -0.130. The van der Waals surface area contributed by atoms with E-state index in [1.807, 2.05) is 24.8 Å². The number of carbonyl (C=O) groups excluding carboxylic acids is 2. The summed E-state index contributed by atoms with van der Waals surface area (Å²) in [4.78, 5) is 43.5. The predicted molar refractivity (Wildman–Crippen MR) is 140 cm³/mol. The number of anilines is 1. The number of pyridine rings is 1. The number of hydrogen-bond acceptors (Lipinski definition) is 7. The van der Waals surface area contributed by atoms with Gasteiger partial charge in [0.25, 0.3) is 5.91 Å². The first kappa shape index (κ1) is 26.2. The highest BCUT2D eigenvalue weighted by atomic mass is 19.1. The fourth-order valence-corrected chi connectivity index (χ4v) is 4.48. The smallest absolute Gasteiger partial charge is 0.256 e. The van der Waals surface area contributed by atoms with Crippen molar-refractivity contribution in [3.8, 4) is 22.4 Å². The van der Waals surface area contributed by atoms with Crippen LogP contribution in [0.1, 0.15) is 28.7 Å². The molecule has 3 aromatic rings. The van der Waals surface area contributed by atoms with Gasteiger partial charge in [0.1, 0.15) is 18.0 Å². The molecule has 1 fully saturated rings. The number of nitrogens with zero attached hydrogens (tertiary/aromatic N) is 6. The number of piperazine rings is 1. The van der Waals surface area contributed by atoms with E-state index < -0.39 is 5.82 Å². The van der Waals surface area contributed by atoms with E-state index in [0.717, 1.165) is 22.5 Å². The van der Waals surface area contributed by atoms with Crippen molar-refractivity contribution in [2.45, 2.75) is 20.3 Å². The summed E-state index contributed by atoms with van der Waals surface area (Å²) in [6.45, 7) is 6.14. The minimum Gasteiger partial charge on any atom is -0.384 e. The van der Waals surface area contributed by atoms with Crippen LogP contribution in [0, 0.1) is 12.7 Å². The third-order valence-electron chi connectivity index (χ3n) is 6.63. The molecule has 2 N–H and O–H groups in total. The number of hydrogen-bond donors (Lipinski definition) is 1. The molecule has 2 amide bonds. The van der Waals surface area contributed by atoms with Gasteiger partial charge in [-0.25, -0.2) is 19.3 Å². The van der Waals surface area contributed by atoms with Crippen molar-refractivity contribution in [3.63, 3.8) is 0 Å². The highest BCUT2D eigenvalue weighted by Gasteiger charge is 2.26. The molecule has 10 heteroatoms. The Labute approximate surface area is 216 Å². The fraction of sp³-hybridized carbons (Fsp3) is 0.370. The van der Waals surface area contributed by atoms with E-state index in [2.05, 4.69) is 15.0 Å². The van der Waals surface area contributed by atoms with Crippen LogP contribution in [0.4, 0.5) is 10.2 Å². The van der Waals surface area contributed by atoms with Gasteiger partial charge in [-0.2, -0.15) is 0 Å². The molecular formula is C27H32FN7O2. The Morgan fingerprint density at radius 3 is 2.43 bits per heavy atom. The molecule has 1 aromatic carbocycles. The van der Waals surface area contributed by atoms with Crippen molar-refractivity contribution < 1.29 is 14.0 Å². The normalized spacial score (nSPS) is 14.0. The third kappa shape index (κ3) is 5.59. The lowest BCUT2D eigenvalue weighted by Crippen LogP contribution is -2.51. The van der Waals surface area contributed by atoms with Gasteiger partial charge < -0.3 is 15.5 Å². The van der Waals surface area contributed by atoms with Gasteiger partial charge in [-0.05, 0) is 37.6 Å². The summed E-state index contributed by atoms with van der Waals surface area (Å²) in [5, 5.41) is 0. The summed E-state index contributed by atoms with van der Waals surface area (Å²) in [6.07, 6.45) is 2.12. The van der Waals surface area contributed by atoms with Crippen molar-refractivity contribution in [1.29, 1.82) is 0 Å². The van der Waals surface area contributed by atoms with Crippen LogP contribution in [-0.4, -0.2) is 88.3 Å². The first-order valence-electron chi connectivity index (χ1n) is 12.3. The van der Waals surface area contributed by atoms with Crippen molar-refractivity contribution in [2.75, 3.05) is 52.6 Å². The topological polar surface area (TPSA) is 109 Å². The van der Waals surface area contributed by atoms with Crippen molar-refractivity contribution in [2.24, 2.45) is 0 Å². The van der Waals surface area contributed by atoms with Gasteiger partial charge in [-0.15, -0.1) is 0 Å². The molecule has 0 atom stereocenters. The highest BCUT2D eigenvalue weighted by Crippen LogP contribution is 2.35. The molecule has 1 aliphatic heterocycles. The minimum absolute atomic E-state index is 0.0122. The third-order valence-corrected chi connectivity index (χ3v) is 6.63. The number of likely N-dealkylation sites (N-methyl/N-ethyl adjacent to an activating group) is 1. The first-order chi connectivity index (χ1) is 17.7. The fourth-order valence-electron chi connectivity index (χ4n) is 4.48. The number of nitrogens with two attached hydrogens (primary N) is 1. The zero-order valence-corrected chi connectivity index (χ0v) is 21.7. The number of nitrogen functional groups attached to an aromatic ring is 1. The molecule has 2 aromatic heterocycles. The summed E-state index contributed by atoms with van der Waals surface area (Å²) in [6, 6.07) is 8.18. The Morgan fingerprint density at radius 2 is 1.81 bits per heavy atom. The minimum atomic E-state index is -0.609. The van der Waals surface area contributed by atoms with Crippen molar-refractivity contribution in [3.05, 3.63) is 59.4 Å². The molecule has 37 heavy (non-hydrogen) atoms. The summed E-state index contributed by atoms with van der Waals surface area (Å²) in [5.41, 5.74) is 10.1. The number of aryl methyl sites for hydroxylation is 2. The molecule has 1 aliphatic rings. The standard InChI is InChI=1S/C27H32FN7O2/c1-5-22-25(19-8-9-23(29)32-17(19)2)26(31-16-30-22)18-6-7-20(21(28)14-18)27(37)35-12-10-34(11-13-35)15-24(36)33(3)4/h6-9,14,16H,5,10-13,15H2,1-4H3,(H2,29,32). The maximum Gasteiger partial charge on any atom is 0.256 e. The van der Waals surface area contributed by atoms with E-state index in [-0.39, 0.29) is 17.4 Å². The van der Waals surface area contributed by atoms with Crippen molar-refractivity contribution in [1.82, 2.24) is 29.7 Å². The average Bonchev–Trinajstić information content (AvgIpc) is 2.88. The van der Waals surface area contributed by atoms with Gasteiger partial charge in [0.2, 0.25) is 5.91 Å². The largest absolute Gasteiger partial charge is 0.384 e. The number of halogens is 1. The van der Waals surface area contributed by atoms with Crippen LogP contribution in [0.2, 0.25) is 0 Å². The number of carbonyl (C=O) groups is 2. The molecule has 0 saturated carbocycles. The Morgan fingerprint density at radius 1 is 1.08 bits per heavy atom. The van der Waals surface area contributed by atoms with Gasteiger partial charge in [-0.3, -0.25) is 14.5 Å². The zero-order valence-electron chi connectivity index (χ0n) is 21.7. The SMILES string of the molecule is CCc1ncnc(-c2ccc(C(=O)N3CCN(CC(=O)N(C)C)CC3)c(F)c2)c1-c1ccc(N)nc1C. The molecule has 0 radical (unpaired) electrons. The second-order valence-corrected chi connectivity index (χ2v) is 9.32. The molecule has 0 spiro atoms. The van der Waals surface area contributed by atoms with Gasteiger partial charge in [0.15, 0.2) is 0 Å². The van der Waals surface area contributed by atoms with E-state index in [4.69, 9.17) is 5.73 Å². The maximum absolute atomic E-state index is 15.3. The summed E-state index contributed by atoms with van der Waals surface area (Å²) >= 11 is 0. The molecule has 1 saturated heterocycles. The van der Waals surface area contributed by atoms with Crippen LogP contribution < -0.4 is 5.73 Å². The second kappa shape index (κ2) is 11.0. The predicted octanol–water partition coefficient (Wildman–Crippen LogP) is 2.64. The molecule has 0 aliphatic carbocycles. The molecule has 0 bridgehead atoms. The Balaban J connectivity index is 1.58. The Bertz CT molecular complexity index is 1320. The highest BCUT2D eigenvalue weighted by molar-refractivity contribution is 5.95. The molecular weight excluding hydrogens is 473 g/mol. The van der Waals surface area contributed by atoms with E-state index >= 15 is 4.39 Å². The lowest BCUT2D eigenvalue weighted by atomic mass is 9.95. The molecule has 0 unspecified atom stereocenters. The van der Waals surface area contributed by atoms with Crippen LogP contribution in [0.15, 0.2) is 36.7 Å². The van der Waals surface area contributed by atoms with Gasteiger partial charge in [-0.1, -0.05) is 13.0 Å². The first-order valence-corrected chi connectivity index (χ1v) is 12.3. The molecule has 194 valence electrons. The Kier molecular flexibility index (Phi) is 7.77.